The van der Waals surface area contributed by atoms with Gasteiger partial charge >= 0.3 is 12.1 Å². The Balaban J connectivity index is 1.97. The quantitative estimate of drug-likeness (QED) is 0.823. The van der Waals surface area contributed by atoms with Crippen LogP contribution in [-0.2, 0) is 15.3 Å². The summed E-state index contributed by atoms with van der Waals surface area (Å²) in [6.45, 7) is 0. The van der Waals surface area contributed by atoms with Crippen molar-refractivity contribution in [3.05, 3.63) is 71.8 Å². The highest BCUT2D eigenvalue weighted by Crippen LogP contribution is 2.42. The number of amides is 6. The first-order valence-electron chi connectivity index (χ1n) is 8.71. The topological polar surface area (TPSA) is 90.0 Å². The lowest BCUT2D eigenvalue weighted by Gasteiger charge is -2.38. The van der Waals surface area contributed by atoms with Crippen LogP contribution in [0.5, 0.6) is 0 Å². The summed E-state index contributed by atoms with van der Waals surface area (Å²) in [6.07, 6.45) is 0. The molecule has 28 heavy (non-hydrogen) atoms. The summed E-state index contributed by atoms with van der Waals surface area (Å²) in [7, 11) is 2.70. The Labute approximate surface area is 161 Å². The van der Waals surface area contributed by atoms with Crippen LogP contribution in [0.1, 0.15) is 17.2 Å². The SMILES string of the molecule is CN1C(=O)C(c2ccccc2)N(C2(c3ccccc3)NC(=O)N(C)C2=O)C1=O. The molecule has 4 rings (SSSR count). The number of likely N-dealkylation sites (N-methyl/N-ethyl adjacent to an activating group) is 2. The fourth-order valence-corrected chi connectivity index (χ4v) is 3.73. The number of carbonyl (C=O) groups is 4. The van der Waals surface area contributed by atoms with Crippen LogP contribution in [0.25, 0.3) is 0 Å². The summed E-state index contributed by atoms with van der Waals surface area (Å²) >= 11 is 0. The Kier molecular flexibility index (Phi) is 3.92. The molecule has 2 aromatic carbocycles. The molecule has 2 aliphatic heterocycles. The van der Waals surface area contributed by atoms with Crippen molar-refractivity contribution in [3.63, 3.8) is 0 Å². The zero-order valence-corrected chi connectivity index (χ0v) is 15.3. The van der Waals surface area contributed by atoms with E-state index in [4.69, 9.17) is 0 Å². The summed E-state index contributed by atoms with van der Waals surface area (Å²) in [5.74, 6) is -1.09. The first kappa shape index (κ1) is 17.7. The van der Waals surface area contributed by atoms with Crippen molar-refractivity contribution in [3.8, 4) is 0 Å². The van der Waals surface area contributed by atoms with E-state index in [0.29, 0.717) is 11.1 Å². The molecule has 142 valence electrons. The van der Waals surface area contributed by atoms with Gasteiger partial charge in [0.15, 0.2) is 0 Å². The van der Waals surface area contributed by atoms with E-state index in [1.165, 1.54) is 19.0 Å². The highest BCUT2D eigenvalue weighted by atomic mass is 16.2. The van der Waals surface area contributed by atoms with Crippen LogP contribution in [0.4, 0.5) is 9.59 Å². The number of nitrogens with one attached hydrogen (secondary N) is 1. The molecule has 2 fully saturated rings. The number of imide groups is 2. The summed E-state index contributed by atoms with van der Waals surface area (Å²) in [5, 5.41) is 2.66. The molecule has 0 radical (unpaired) electrons. The zero-order valence-electron chi connectivity index (χ0n) is 15.3. The second kappa shape index (κ2) is 6.19. The van der Waals surface area contributed by atoms with Gasteiger partial charge in [-0.15, -0.1) is 0 Å². The Morgan fingerprint density at radius 2 is 1.39 bits per heavy atom. The lowest BCUT2D eigenvalue weighted by Crippen LogP contribution is -2.59. The van der Waals surface area contributed by atoms with Crippen molar-refractivity contribution in [2.24, 2.45) is 0 Å². The number of carbonyl (C=O) groups excluding carboxylic acids is 4. The van der Waals surface area contributed by atoms with Crippen molar-refractivity contribution in [1.29, 1.82) is 0 Å². The lowest BCUT2D eigenvalue weighted by atomic mass is 9.94. The molecule has 0 bridgehead atoms. The summed E-state index contributed by atoms with van der Waals surface area (Å²) in [6, 6.07) is 14.8. The number of urea groups is 2. The molecule has 0 aromatic heterocycles. The minimum Gasteiger partial charge on any atom is -0.303 e. The lowest BCUT2D eigenvalue weighted by molar-refractivity contribution is -0.138. The molecule has 0 aliphatic carbocycles. The maximum absolute atomic E-state index is 13.3. The summed E-state index contributed by atoms with van der Waals surface area (Å²) in [4.78, 5) is 54.8. The van der Waals surface area contributed by atoms with Crippen LogP contribution in [0.2, 0.25) is 0 Å². The molecule has 2 unspecified atom stereocenters. The van der Waals surface area contributed by atoms with Crippen LogP contribution in [0.15, 0.2) is 60.7 Å². The molecule has 0 saturated carbocycles. The molecule has 0 spiro atoms. The van der Waals surface area contributed by atoms with Crippen LogP contribution in [-0.4, -0.2) is 52.7 Å². The molecule has 2 atom stereocenters. The number of hydrogen-bond acceptors (Lipinski definition) is 4. The smallest absolute Gasteiger partial charge is 0.303 e. The first-order valence-corrected chi connectivity index (χ1v) is 8.71. The van der Waals surface area contributed by atoms with E-state index >= 15 is 0 Å². The Morgan fingerprint density at radius 1 is 0.821 bits per heavy atom. The third kappa shape index (κ3) is 2.24. The molecule has 2 heterocycles. The second-order valence-electron chi connectivity index (χ2n) is 6.73. The Bertz CT molecular complexity index is 978. The number of nitrogens with zero attached hydrogens (tertiary/aromatic N) is 3. The van der Waals surface area contributed by atoms with Gasteiger partial charge in [-0.3, -0.25) is 24.3 Å². The average molecular weight is 378 g/mol. The van der Waals surface area contributed by atoms with Crippen molar-refractivity contribution in [2.75, 3.05) is 14.1 Å². The molecule has 1 N–H and O–H groups in total. The van der Waals surface area contributed by atoms with E-state index in [1.54, 1.807) is 60.7 Å². The molecule has 2 aliphatic rings. The summed E-state index contributed by atoms with van der Waals surface area (Å²) < 4.78 is 0. The molecule has 8 nitrogen and oxygen atoms in total. The van der Waals surface area contributed by atoms with E-state index in [0.717, 1.165) is 9.80 Å². The summed E-state index contributed by atoms with van der Waals surface area (Å²) in [5.41, 5.74) is -0.863. The molecular formula is C20H18N4O4. The predicted octanol–water partition coefficient (Wildman–Crippen LogP) is 1.66. The van der Waals surface area contributed by atoms with Gasteiger partial charge in [-0.25, -0.2) is 9.59 Å². The third-order valence-electron chi connectivity index (χ3n) is 5.19. The van der Waals surface area contributed by atoms with Crippen LogP contribution >= 0.6 is 0 Å². The van der Waals surface area contributed by atoms with Gasteiger partial charge in [0.2, 0.25) is 5.66 Å². The van der Waals surface area contributed by atoms with Crippen molar-refractivity contribution in [2.45, 2.75) is 11.7 Å². The van der Waals surface area contributed by atoms with Crippen molar-refractivity contribution in [1.82, 2.24) is 20.0 Å². The van der Waals surface area contributed by atoms with E-state index in [9.17, 15) is 19.2 Å². The molecule has 6 amide bonds. The van der Waals surface area contributed by atoms with Gasteiger partial charge in [0.05, 0.1) is 0 Å². The van der Waals surface area contributed by atoms with Crippen LogP contribution < -0.4 is 5.32 Å². The maximum Gasteiger partial charge on any atom is 0.330 e. The van der Waals surface area contributed by atoms with E-state index in [-0.39, 0.29) is 0 Å². The standard InChI is InChI=1S/C20H18N4O4/c1-22-16(25)15(13-9-5-3-6-10-13)24(19(22)28)20(14-11-7-4-8-12-14)17(26)23(2)18(27)21-20/h3-12,15H,1-2H3,(H,21,27). The highest BCUT2D eigenvalue weighted by Gasteiger charge is 2.63. The monoisotopic (exact) mass is 378 g/mol. The van der Waals surface area contributed by atoms with Gasteiger partial charge < -0.3 is 5.32 Å². The van der Waals surface area contributed by atoms with E-state index in [1.807, 2.05) is 0 Å². The fourth-order valence-electron chi connectivity index (χ4n) is 3.73. The van der Waals surface area contributed by atoms with Gasteiger partial charge in [-0.1, -0.05) is 60.7 Å². The minimum absolute atomic E-state index is 0.398. The van der Waals surface area contributed by atoms with Gasteiger partial charge in [0.1, 0.15) is 6.04 Å². The van der Waals surface area contributed by atoms with Crippen LogP contribution in [0.3, 0.4) is 0 Å². The Hall–Kier alpha value is -3.68. The first-order chi connectivity index (χ1) is 13.4. The van der Waals surface area contributed by atoms with E-state index < -0.39 is 35.6 Å². The molecule has 2 aromatic rings. The molecule has 8 heteroatoms. The average Bonchev–Trinajstić information content (AvgIpc) is 3.09. The van der Waals surface area contributed by atoms with Gasteiger partial charge in [0, 0.05) is 19.7 Å². The number of benzene rings is 2. The van der Waals surface area contributed by atoms with Gasteiger partial charge in [-0.05, 0) is 5.56 Å². The zero-order chi connectivity index (χ0) is 20.1. The van der Waals surface area contributed by atoms with Gasteiger partial charge in [0.25, 0.3) is 11.8 Å². The second-order valence-corrected chi connectivity index (χ2v) is 6.73. The number of rotatable bonds is 3. The van der Waals surface area contributed by atoms with Crippen molar-refractivity contribution < 1.29 is 19.2 Å². The predicted molar refractivity (Wildman–Crippen MR) is 98.6 cm³/mol. The fraction of sp³-hybridized carbons (Fsp3) is 0.200. The van der Waals surface area contributed by atoms with Crippen molar-refractivity contribution >= 4 is 23.9 Å². The van der Waals surface area contributed by atoms with Gasteiger partial charge in [-0.2, -0.15) is 0 Å². The minimum atomic E-state index is -1.81. The largest absolute Gasteiger partial charge is 0.330 e. The van der Waals surface area contributed by atoms with E-state index in [2.05, 4.69) is 5.32 Å². The molecular weight excluding hydrogens is 360 g/mol. The number of hydrogen-bond donors (Lipinski definition) is 1. The highest BCUT2D eigenvalue weighted by molar-refractivity contribution is 6.12. The third-order valence-corrected chi connectivity index (χ3v) is 5.19. The Morgan fingerprint density at radius 3 is 1.93 bits per heavy atom. The normalized spacial score (nSPS) is 24.9. The maximum atomic E-state index is 13.3. The van der Waals surface area contributed by atoms with Crippen LogP contribution in [0, 0.1) is 0 Å². The molecule has 2 saturated heterocycles.